The van der Waals surface area contributed by atoms with Crippen molar-refractivity contribution in [1.82, 2.24) is 0 Å². The molecule has 0 N–H and O–H groups in total. The molecule has 0 unspecified atom stereocenters. The summed E-state index contributed by atoms with van der Waals surface area (Å²) in [5.41, 5.74) is -2.93. The zero-order chi connectivity index (χ0) is 46.1. The third-order valence-electron chi connectivity index (χ3n) is 10.0. The monoisotopic (exact) mass is 907 g/mol. The molecule has 0 atom stereocenters. The number of rotatable bonds is 50. The van der Waals surface area contributed by atoms with Crippen molar-refractivity contribution in [3.05, 3.63) is 0 Å². The smallest absolute Gasteiger partial charge is 0.265 e. The highest BCUT2D eigenvalue weighted by atomic mass is 16.8. The summed E-state index contributed by atoms with van der Waals surface area (Å²) in [7, 11) is 9.56. The highest BCUT2D eigenvalue weighted by Gasteiger charge is 2.70. The normalized spacial score (nSPS) is 12.8. The molecule has 0 spiro atoms. The molecule has 0 saturated heterocycles. The summed E-state index contributed by atoms with van der Waals surface area (Å²) >= 11 is 0. The van der Waals surface area contributed by atoms with Gasteiger partial charge in [0.1, 0.15) is 11.2 Å². The quantitative estimate of drug-likeness (QED) is 0.0641. The lowest BCUT2D eigenvalue weighted by molar-refractivity contribution is -0.363. The van der Waals surface area contributed by atoms with Gasteiger partial charge in [0.2, 0.25) is 0 Å². The maximum Gasteiger partial charge on any atom is 0.265 e. The highest BCUT2D eigenvalue weighted by molar-refractivity contribution is 5.95. The van der Waals surface area contributed by atoms with Crippen LogP contribution in [0.5, 0.6) is 0 Å². The molecule has 0 amide bonds. The lowest BCUT2D eigenvalue weighted by Gasteiger charge is -2.54. The standard InChI is InChI=1S/C43H86O19/c1-11-40(12-2,57-33-27-51-21-15-45-5)42(59-35-29-53-23-17-47-7,60-36-30-54-24-18-48-8)39(44)43(61-37-31-55-25-19-49-9,62-38-32-56-26-20-50-10)41(13-3,14-4)58-34-28-52-22-16-46-6/h11-38H2,1-10H3. The Kier molecular flexibility index (Phi) is 39.6. The van der Waals surface area contributed by atoms with Crippen LogP contribution in [0.1, 0.15) is 53.4 Å². The first-order valence-electron chi connectivity index (χ1n) is 22.0. The highest BCUT2D eigenvalue weighted by Crippen LogP contribution is 2.47. The Bertz CT molecular complexity index is 879. The number of carbonyl (C=O) groups is 1. The number of ketones is 1. The van der Waals surface area contributed by atoms with Gasteiger partial charge >= 0.3 is 0 Å². The van der Waals surface area contributed by atoms with Crippen LogP contribution in [-0.4, -0.2) is 230 Å². The Balaban J connectivity index is 7.99. The first-order valence-corrected chi connectivity index (χ1v) is 22.0. The van der Waals surface area contributed by atoms with Crippen LogP contribution in [0, 0.1) is 0 Å². The summed E-state index contributed by atoms with van der Waals surface area (Å²) < 4.78 is 107. The van der Waals surface area contributed by atoms with Gasteiger partial charge in [0, 0.05) is 42.7 Å². The summed E-state index contributed by atoms with van der Waals surface area (Å²) in [6, 6.07) is 0. The van der Waals surface area contributed by atoms with Crippen molar-refractivity contribution in [3.8, 4) is 0 Å². The molecule has 19 heteroatoms. The average Bonchev–Trinajstić information content (AvgIpc) is 3.29. The zero-order valence-corrected chi connectivity index (χ0v) is 40.1. The molecule has 0 bridgehead atoms. The lowest BCUT2D eigenvalue weighted by Crippen LogP contribution is -2.75. The Morgan fingerprint density at radius 3 is 0.629 bits per heavy atom. The molecule has 0 heterocycles. The van der Waals surface area contributed by atoms with Crippen LogP contribution in [0.4, 0.5) is 0 Å². The fourth-order valence-corrected chi connectivity index (χ4v) is 6.57. The van der Waals surface area contributed by atoms with Gasteiger partial charge in [-0.3, -0.25) is 4.79 Å². The minimum atomic E-state index is -2.24. The fraction of sp³-hybridized carbons (Fsp3) is 0.977. The molecule has 0 aliphatic rings. The summed E-state index contributed by atoms with van der Waals surface area (Å²) in [5, 5.41) is 0. The molecule has 19 nitrogen and oxygen atoms in total. The van der Waals surface area contributed by atoms with Crippen LogP contribution < -0.4 is 0 Å². The predicted octanol–water partition coefficient (Wildman–Crippen LogP) is 3.14. The van der Waals surface area contributed by atoms with Crippen LogP contribution in [0.3, 0.4) is 0 Å². The molecule has 0 aromatic carbocycles. The Morgan fingerprint density at radius 1 is 0.274 bits per heavy atom. The maximum atomic E-state index is 16.6. The van der Waals surface area contributed by atoms with Crippen molar-refractivity contribution >= 4 is 5.78 Å². The lowest BCUT2D eigenvalue weighted by atomic mass is 9.74. The molecule has 62 heavy (non-hydrogen) atoms. The third kappa shape index (κ3) is 22.0. The van der Waals surface area contributed by atoms with Gasteiger partial charge in [-0.25, -0.2) is 0 Å². The second-order valence-electron chi connectivity index (χ2n) is 13.7. The van der Waals surface area contributed by atoms with Crippen LogP contribution in [-0.2, 0) is 90.1 Å². The van der Waals surface area contributed by atoms with Crippen LogP contribution in [0.25, 0.3) is 0 Å². The van der Waals surface area contributed by atoms with Crippen molar-refractivity contribution in [2.24, 2.45) is 0 Å². The van der Waals surface area contributed by atoms with Crippen molar-refractivity contribution < 1.29 is 90.1 Å². The fourth-order valence-electron chi connectivity index (χ4n) is 6.57. The number of Topliss-reactive ketones (excluding diaryl/α,β-unsaturated/α-hetero) is 1. The van der Waals surface area contributed by atoms with E-state index in [1.165, 1.54) is 0 Å². The van der Waals surface area contributed by atoms with E-state index in [4.69, 9.17) is 85.3 Å². The largest absolute Gasteiger partial charge is 0.382 e. The van der Waals surface area contributed by atoms with Gasteiger partial charge in [0.05, 0.1) is 159 Å². The first kappa shape index (κ1) is 60.9. The van der Waals surface area contributed by atoms with Crippen molar-refractivity contribution in [1.29, 1.82) is 0 Å². The van der Waals surface area contributed by atoms with E-state index >= 15 is 4.79 Å². The molecule has 0 saturated carbocycles. The summed E-state index contributed by atoms with van der Waals surface area (Å²) in [4.78, 5) is 16.6. The van der Waals surface area contributed by atoms with Gasteiger partial charge in [-0.2, -0.15) is 0 Å². The second-order valence-corrected chi connectivity index (χ2v) is 13.7. The molecule has 0 fully saturated rings. The van der Waals surface area contributed by atoms with E-state index in [1.807, 2.05) is 27.7 Å². The van der Waals surface area contributed by atoms with Crippen LogP contribution in [0.2, 0.25) is 0 Å². The SMILES string of the molecule is CCC(CC)(OCCOCCOC)C(OCCOCCOC)(OCCOCCOC)C(=O)C(OCCOCCOC)(OCCOCCOC)C(CC)(CC)OCCOCCOC. The number of hydrogen-bond acceptors (Lipinski definition) is 19. The molecule has 0 aromatic heterocycles. The van der Waals surface area contributed by atoms with E-state index in [2.05, 4.69) is 0 Å². The van der Waals surface area contributed by atoms with Crippen molar-refractivity contribution in [2.75, 3.05) is 201 Å². The number of ether oxygens (including phenoxy) is 18. The number of carbonyl (C=O) groups excluding carboxylic acids is 1. The second kappa shape index (κ2) is 40.2. The summed E-state index contributed by atoms with van der Waals surface area (Å²) in [6.45, 7) is 12.4. The van der Waals surface area contributed by atoms with Gasteiger partial charge in [-0.15, -0.1) is 0 Å². The molecule has 0 aliphatic carbocycles. The summed E-state index contributed by atoms with van der Waals surface area (Å²) in [5.74, 6) is -5.19. The van der Waals surface area contributed by atoms with E-state index in [1.54, 1.807) is 42.7 Å². The van der Waals surface area contributed by atoms with Gasteiger partial charge < -0.3 is 85.3 Å². The van der Waals surface area contributed by atoms with E-state index in [0.29, 0.717) is 79.3 Å². The molecule has 372 valence electrons. The van der Waals surface area contributed by atoms with Crippen molar-refractivity contribution in [2.45, 2.75) is 76.2 Å². The Morgan fingerprint density at radius 2 is 0.452 bits per heavy atom. The van der Waals surface area contributed by atoms with Gasteiger partial charge in [0.15, 0.2) is 0 Å². The minimum Gasteiger partial charge on any atom is -0.382 e. The average molecular weight is 907 g/mol. The zero-order valence-electron chi connectivity index (χ0n) is 40.1. The van der Waals surface area contributed by atoms with E-state index in [-0.39, 0.29) is 105 Å². The van der Waals surface area contributed by atoms with Crippen LogP contribution >= 0.6 is 0 Å². The topological polar surface area (TPSA) is 183 Å². The number of hydrogen-bond donors (Lipinski definition) is 0. The molecule has 0 aromatic rings. The third-order valence-corrected chi connectivity index (χ3v) is 10.0. The van der Waals surface area contributed by atoms with Gasteiger partial charge in [-0.05, 0) is 25.7 Å². The van der Waals surface area contributed by atoms with Gasteiger partial charge in [0.25, 0.3) is 17.4 Å². The Labute approximate surface area is 372 Å². The number of methoxy groups -OCH3 is 6. The van der Waals surface area contributed by atoms with E-state index in [0.717, 1.165) is 0 Å². The Hall–Kier alpha value is -1.05. The maximum absolute atomic E-state index is 16.6. The molecule has 0 radical (unpaired) electrons. The minimum absolute atomic E-state index is 0.0826. The molecule has 0 rings (SSSR count). The molecular formula is C43H86O19. The summed E-state index contributed by atoms with van der Waals surface area (Å²) in [6.07, 6.45) is 0.993. The van der Waals surface area contributed by atoms with Crippen LogP contribution in [0.15, 0.2) is 0 Å². The van der Waals surface area contributed by atoms with E-state index < -0.39 is 28.6 Å². The predicted molar refractivity (Wildman–Crippen MR) is 229 cm³/mol. The molecule has 0 aliphatic heterocycles. The van der Waals surface area contributed by atoms with Crippen molar-refractivity contribution in [3.63, 3.8) is 0 Å². The molecular weight excluding hydrogens is 820 g/mol. The first-order chi connectivity index (χ1) is 30.3. The van der Waals surface area contributed by atoms with E-state index in [9.17, 15) is 0 Å². The van der Waals surface area contributed by atoms with Gasteiger partial charge in [-0.1, -0.05) is 27.7 Å².